The Morgan fingerprint density at radius 1 is 1.33 bits per heavy atom. The monoisotopic (exact) mass is 255 g/mol. The van der Waals surface area contributed by atoms with Gasteiger partial charge in [-0.1, -0.05) is 20.8 Å². The molecule has 1 fully saturated rings. The van der Waals surface area contributed by atoms with Gasteiger partial charge in [0.05, 0.1) is 0 Å². The minimum absolute atomic E-state index is 0.0762. The highest BCUT2D eigenvalue weighted by molar-refractivity contribution is 5.77. The van der Waals surface area contributed by atoms with Crippen molar-refractivity contribution in [3.05, 3.63) is 0 Å². The van der Waals surface area contributed by atoms with E-state index in [2.05, 4.69) is 36.4 Å². The van der Waals surface area contributed by atoms with Gasteiger partial charge in [-0.25, -0.2) is 0 Å². The van der Waals surface area contributed by atoms with Gasteiger partial charge in [0.15, 0.2) is 0 Å². The van der Waals surface area contributed by atoms with Crippen molar-refractivity contribution in [3.8, 4) is 0 Å². The van der Waals surface area contributed by atoms with E-state index in [9.17, 15) is 4.79 Å². The fourth-order valence-corrected chi connectivity index (χ4v) is 2.47. The van der Waals surface area contributed by atoms with Crippen LogP contribution in [0.5, 0.6) is 0 Å². The van der Waals surface area contributed by atoms with Crippen LogP contribution in [0.25, 0.3) is 0 Å². The highest BCUT2D eigenvalue weighted by Crippen LogP contribution is 2.20. The summed E-state index contributed by atoms with van der Waals surface area (Å²) >= 11 is 0. The number of hydrogen-bond acceptors (Lipinski definition) is 3. The van der Waals surface area contributed by atoms with Gasteiger partial charge in [-0.15, -0.1) is 0 Å². The first kappa shape index (κ1) is 15.4. The zero-order valence-corrected chi connectivity index (χ0v) is 12.5. The lowest BCUT2D eigenvalue weighted by Gasteiger charge is -2.40. The van der Waals surface area contributed by atoms with E-state index < -0.39 is 0 Å². The molecule has 1 heterocycles. The van der Waals surface area contributed by atoms with Crippen molar-refractivity contribution in [2.45, 2.75) is 46.2 Å². The molecule has 0 spiro atoms. The zero-order chi connectivity index (χ0) is 13.7. The standard InChI is InChI=1S/C14H29N3O/c1-10(2)14(18)16-7-6-15-13-8-12(4)17(5)9-11(13)3/h10-13,15H,6-9H2,1-5H3,(H,16,18). The Morgan fingerprint density at radius 2 is 2.00 bits per heavy atom. The van der Waals surface area contributed by atoms with Gasteiger partial charge < -0.3 is 15.5 Å². The number of likely N-dealkylation sites (tertiary alicyclic amines) is 1. The maximum atomic E-state index is 11.4. The summed E-state index contributed by atoms with van der Waals surface area (Å²) in [6.07, 6.45) is 1.19. The van der Waals surface area contributed by atoms with Crippen LogP contribution in [0.2, 0.25) is 0 Å². The number of nitrogens with one attached hydrogen (secondary N) is 2. The predicted molar refractivity (Wildman–Crippen MR) is 75.5 cm³/mol. The van der Waals surface area contributed by atoms with Crippen molar-refractivity contribution in [1.82, 2.24) is 15.5 Å². The Hall–Kier alpha value is -0.610. The number of piperidine rings is 1. The van der Waals surface area contributed by atoms with Crippen LogP contribution in [0.15, 0.2) is 0 Å². The Balaban J connectivity index is 2.21. The van der Waals surface area contributed by atoms with Gasteiger partial charge in [0, 0.05) is 37.6 Å². The summed E-state index contributed by atoms with van der Waals surface area (Å²) in [5.74, 6) is 0.890. The van der Waals surface area contributed by atoms with Crippen molar-refractivity contribution in [2.75, 3.05) is 26.7 Å². The third-order valence-electron chi connectivity index (χ3n) is 3.97. The smallest absolute Gasteiger partial charge is 0.222 e. The van der Waals surface area contributed by atoms with Crippen LogP contribution in [0, 0.1) is 11.8 Å². The summed E-state index contributed by atoms with van der Waals surface area (Å²) in [5, 5.41) is 6.52. The molecule has 4 nitrogen and oxygen atoms in total. The highest BCUT2D eigenvalue weighted by Gasteiger charge is 2.28. The zero-order valence-electron chi connectivity index (χ0n) is 12.5. The molecule has 0 aromatic rings. The lowest BCUT2D eigenvalue weighted by molar-refractivity contribution is -0.123. The molecule has 1 saturated heterocycles. The Kier molecular flexibility index (Phi) is 6.09. The van der Waals surface area contributed by atoms with E-state index in [1.165, 1.54) is 6.42 Å². The van der Waals surface area contributed by atoms with Crippen molar-refractivity contribution in [2.24, 2.45) is 11.8 Å². The molecule has 1 rings (SSSR count). The lowest BCUT2D eigenvalue weighted by Crippen LogP contribution is -2.52. The first-order valence-corrected chi connectivity index (χ1v) is 7.13. The first-order chi connectivity index (χ1) is 8.41. The van der Waals surface area contributed by atoms with E-state index in [1.807, 2.05) is 13.8 Å². The normalized spacial score (nSPS) is 29.6. The molecule has 3 unspecified atom stereocenters. The van der Waals surface area contributed by atoms with Crippen LogP contribution >= 0.6 is 0 Å². The van der Waals surface area contributed by atoms with Crippen molar-refractivity contribution in [1.29, 1.82) is 0 Å². The molecule has 0 bridgehead atoms. The molecule has 1 aliphatic heterocycles. The average Bonchev–Trinajstić information content (AvgIpc) is 2.30. The second kappa shape index (κ2) is 7.10. The summed E-state index contributed by atoms with van der Waals surface area (Å²) in [7, 11) is 2.19. The summed E-state index contributed by atoms with van der Waals surface area (Å²) < 4.78 is 0. The molecule has 0 aromatic carbocycles. The second-order valence-corrected chi connectivity index (χ2v) is 6.01. The van der Waals surface area contributed by atoms with Crippen LogP contribution in [0.4, 0.5) is 0 Å². The molecular weight excluding hydrogens is 226 g/mol. The minimum atomic E-state index is 0.0762. The second-order valence-electron chi connectivity index (χ2n) is 6.01. The molecule has 18 heavy (non-hydrogen) atoms. The fraction of sp³-hybridized carbons (Fsp3) is 0.929. The fourth-order valence-electron chi connectivity index (χ4n) is 2.47. The van der Waals surface area contributed by atoms with E-state index in [0.29, 0.717) is 18.0 Å². The van der Waals surface area contributed by atoms with Gasteiger partial charge in [0.2, 0.25) is 5.91 Å². The van der Waals surface area contributed by atoms with Gasteiger partial charge in [0.25, 0.3) is 0 Å². The molecule has 0 saturated carbocycles. The molecule has 2 N–H and O–H groups in total. The topological polar surface area (TPSA) is 44.4 Å². The third-order valence-corrected chi connectivity index (χ3v) is 3.97. The van der Waals surface area contributed by atoms with Crippen molar-refractivity contribution < 1.29 is 4.79 Å². The quantitative estimate of drug-likeness (QED) is 0.723. The van der Waals surface area contributed by atoms with Crippen LogP contribution in [0.3, 0.4) is 0 Å². The molecule has 0 aromatic heterocycles. The van der Waals surface area contributed by atoms with Gasteiger partial charge >= 0.3 is 0 Å². The largest absolute Gasteiger partial charge is 0.355 e. The predicted octanol–water partition coefficient (Wildman–Crippen LogP) is 1.08. The van der Waals surface area contributed by atoms with Crippen LogP contribution < -0.4 is 10.6 Å². The van der Waals surface area contributed by atoms with Crippen LogP contribution in [-0.4, -0.2) is 49.6 Å². The van der Waals surface area contributed by atoms with Gasteiger partial charge in [-0.2, -0.15) is 0 Å². The Bertz CT molecular complexity index is 268. The lowest BCUT2D eigenvalue weighted by atomic mass is 9.90. The maximum Gasteiger partial charge on any atom is 0.222 e. The average molecular weight is 255 g/mol. The number of rotatable bonds is 5. The van der Waals surface area contributed by atoms with E-state index in [-0.39, 0.29) is 11.8 Å². The Morgan fingerprint density at radius 3 is 2.61 bits per heavy atom. The van der Waals surface area contributed by atoms with Crippen molar-refractivity contribution >= 4 is 5.91 Å². The number of carbonyl (C=O) groups is 1. The molecular formula is C14H29N3O. The summed E-state index contributed by atoms with van der Waals surface area (Å²) in [4.78, 5) is 13.8. The van der Waals surface area contributed by atoms with Gasteiger partial charge in [-0.05, 0) is 26.3 Å². The maximum absolute atomic E-state index is 11.4. The number of nitrogens with zero attached hydrogens (tertiary/aromatic N) is 1. The molecule has 1 aliphatic rings. The minimum Gasteiger partial charge on any atom is -0.355 e. The SMILES string of the molecule is CC(C)C(=O)NCCNC1CC(C)N(C)CC1C. The highest BCUT2D eigenvalue weighted by atomic mass is 16.1. The number of carbonyl (C=O) groups excluding carboxylic acids is 1. The third kappa shape index (κ3) is 4.58. The summed E-state index contributed by atoms with van der Waals surface area (Å²) in [5.41, 5.74) is 0. The van der Waals surface area contributed by atoms with E-state index >= 15 is 0 Å². The van der Waals surface area contributed by atoms with Gasteiger partial charge in [-0.3, -0.25) is 4.79 Å². The summed E-state index contributed by atoms with van der Waals surface area (Å²) in [6, 6.07) is 1.22. The van der Waals surface area contributed by atoms with Crippen molar-refractivity contribution in [3.63, 3.8) is 0 Å². The molecule has 0 radical (unpaired) electrons. The first-order valence-electron chi connectivity index (χ1n) is 7.13. The number of amides is 1. The van der Waals surface area contributed by atoms with E-state index in [1.54, 1.807) is 0 Å². The Labute approximate surface area is 111 Å². The molecule has 0 aliphatic carbocycles. The molecule has 4 heteroatoms. The molecule has 3 atom stereocenters. The van der Waals surface area contributed by atoms with Crippen LogP contribution in [-0.2, 0) is 4.79 Å². The molecule has 106 valence electrons. The van der Waals surface area contributed by atoms with Crippen LogP contribution in [0.1, 0.15) is 34.1 Å². The van der Waals surface area contributed by atoms with E-state index in [4.69, 9.17) is 0 Å². The molecule has 1 amide bonds. The summed E-state index contributed by atoms with van der Waals surface area (Å²) in [6.45, 7) is 11.2. The van der Waals surface area contributed by atoms with Gasteiger partial charge in [0.1, 0.15) is 0 Å². The van der Waals surface area contributed by atoms with E-state index in [0.717, 1.165) is 19.6 Å². The number of hydrogen-bond donors (Lipinski definition) is 2.